The summed E-state index contributed by atoms with van der Waals surface area (Å²) in [6.45, 7) is 13.3. The maximum Gasteiger partial charge on any atom is 0.219 e. The molecule has 3 nitrogen and oxygen atoms in total. The lowest BCUT2D eigenvalue weighted by Crippen LogP contribution is -2.55. The van der Waals surface area contributed by atoms with Crippen LogP contribution >= 0.6 is 0 Å². The van der Waals surface area contributed by atoms with Crippen molar-refractivity contribution < 1.29 is 8.42 Å². The smallest absolute Gasteiger partial charge is 0.212 e. The Kier molecular flexibility index (Phi) is 3.48. The van der Waals surface area contributed by atoms with Crippen molar-refractivity contribution in [3.8, 4) is 0 Å². The fraction of sp³-hybridized carbons (Fsp3) is 1.00. The normalized spacial score (nSPS) is 20.9. The molecule has 1 aliphatic rings. The van der Waals surface area contributed by atoms with Crippen LogP contribution in [0.3, 0.4) is 0 Å². The largest absolute Gasteiger partial charge is 0.219 e. The van der Waals surface area contributed by atoms with Crippen LogP contribution in [0.4, 0.5) is 0 Å². The summed E-state index contributed by atoms with van der Waals surface area (Å²) in [6, 6.07) is 0. The lowest BCUT2D eigenvalue weighted by molar-refractivity contribution is 0.142. The van der Waals surface area contributed by atoms with E-state index in [9.17, 15) is 8.42 Å². The van der Waals surface area contributed by atoms with E-state index in [1.807, 2.05) is 0 Å². The van der Waals surface area contributed by atoms with E-state index >= 15 is 0 Å². The Balaban J connectivity index is 2.55. The monoisotopic (exact) mass is 247 g/mol. The maximum absolute atomic E-state index is 12.1. The second-order valence-electron chi connectivity index (χ2n) is 7.07. The van der Waals surface area contributed by atoms with E-state index in [-0.39, 0.29) is 0 Å². The zero-order chi connectivity index (χ0) is 12.8. The maximum atomic E-state index is 12.1. The van der Waals surface area contributed by atoms with Gasteiger partial charge in [-0.3, -0.25) is 0 Å². The summed E-state index contributed by atoms with van der Waals surface area (Å²) in [5.41, 5.74) is 0.294. The van der Waals surface area contributed by atoms with Crippen molar-refractivity contribution in [1.29, 1.82) is 0 Å². The summed E-state index contributed by atoms with van der Waals surface area (Å²) in [6.07, 6.45) is 1.10. The third-order valence-corrected chi connectivity index (χ3v) is 5.46. The number of hydrogen-bond acceptors (Lipinski definition) is 2. The van der Waals surface area contributed by atoms with Gasteiger partial charge in [0.1, 0.15) is 0 Å². The van der Waals surface area contributed by atoms with E-state index < -0.39 is 14.8 Å². The van der Waals surface area contributed by atoms with Crippen molar-refractivity contribution in [1.82, 2.24) is 4.31 Å². The van der Waals surface area contributed by atoms with Gasteiger partial charge in [-0.2, -0.15) is 0 Å². The van der Waals surface area contributed by atoms with Crippen LogP contribution in [0, 0.1) is 11.3 Å². The van der Waals surface area contributed by atoms with Gasteiger partial charge in [-0.15, -0.1) is 0 Å². The minimum atomic E-state index is -3.09. The van der Waals surface area contributed by atoms with Crippen LogP contribution < -0.4 is 0 Å². The van der Waals surface area contributed by atoms with Gasteiger partial charge < -0.3 is 0 Å². The molecule has 1 rings (SSSR count). The van der Waals surface area contributed by atoms with Crippen LogP contribution in [-0.4, -0.2) is 30.6 Å². The minimum Gasteiger partial charge on any atom is -0.212 e. The highest BCUT2D eigenvalue weighted by Gasteiger charge is 2.43. The average Bonchev–Trinajstić information content (AvgIpc) is 1.91. The van der Waals surface area contributed by atoms with E-state index in [1.165, 1.54) is 0 Å². The average molecular weight is 247 g/mol. The van der Waals surface area contributed by atoms with E-state index in [1.54, 1.807) is 25.1 Å². The van der Waals surface area contributed by atoms with Gasteiger partial charge in [0.25, 0.3) is 0 Å². The van der Waals surface area contributed by atoms with Crippen LogP contribution in [0.5, 0.6) is 0 Å². The SMILES string of the molecule is CC(C)(C)CC1CN(S(=O)(=O)C(C)(C)C)C1. The summed E-state index contributed by atoms with van der Waals surface area (Å²) < 4.78 is 25.1. The van der Waals surface area contributed by atoms with E-state index in [2.05, 4.69) is 20.8 Å². The molecule has 96 valence electrons. The van der Waals surface area contributed by atoms with Gasteiger partial charge in [0.15, 0.2) is 0 Å². The molecule has 0 aromatic rings. The molecule has 0 saturated carbocycles. The van der Waals surface area contributed by atoms with Crippen molar-refractivity contribution in [2.75, 3.05) is 13.1 Å². The quantitative estimate of drug-likeness (QED) is 0.752. The lowest BCUT2D eigenvalue weighted by Gasteiger charge is -2.43. The molecule has 0 aromatic heterocycles. The second-order valence-corrected chi connectivity index (χ2v) is 9.76. The van der Waals surface area contributed by atoms with Crippen LogP contribution in [0.1, 0.15) is 48.0 Å². The predicted octanol–water partition coefficient (Wildman–Crippen LogP) is 2.48. The number of rotatable bonds is 2. The third kappa shape index (κ3) is 2.98. The van der Waals surface area contributed by atoms with Crippen molar-refractivity contribution >= 4 is 10.0 Å². The second kappa shape index (κ2) is 3.98. The molecule has 0 atom stereocenters. The molecule has 0 radical (unpaired) electrons. The standard InChI is InChI=1S/C12H25NO2S/c1-11(2,3)7-10-8-13(9-10)16(14,15)12(4,5)6/h10H,7-9H2,1-6H3. The summed E-state index contributed by atoms with van der Waals surface area (Å²) in [5.74, 6) is 0.539. The Morgan fingerprint density at radius 1 is 1.06 bits per heavy atom. The zero-order valence-electron chi connectivity index (χ0n) is 11.4. The summed E-state index contributed by atoms with van der Waals surface area (Å²) >= 11 is 0. The van der Waals surface area contributed by atoms with Gasteiger partial charge in [-0.25, -0.2) is 12.7 Å². The molecule has 16 heavy (non-hydrogen) atoms. The van der Waals surface area contributed by atoms with Gasteiger partial charge in [-0.05, 0) is 38.5 Å². The van der Waals surface area contributed by atoms with E-state index in [0.717, 1.165) is 6.42 Å². The van der Waals surface area contributed by atoms with E-state index in [4.69, 9.17) is 0 Å². The molecule has 4 heteroatoms. The number of hydrogen-bond donors (Lipinski definition) is 0. The predicted molar refractivity (Wildman–Crippen MR) is 67.8 cm³/mol. The van der Waals surface area contributed by atoms with Crippen LogP contribution in [0.25, 0.3) is 0 Å². The number of sulfonamides is 1. The molecule has 0 spiro atoms. The summed E-state index contributed by atoms with van der Waals surface area (Å²) in [4.78, 5) is 0. The fourth-order valence-corrected chi connectivity index (χ4v) is 3.69. The van der Waals surface area contributed by atoms with Gasteiger partial charge in [0.2, 0.25) is 10.0 Å². The molecule has 0 amide bonds. The molecule has 0 aliphatic carbocycles. The van der Waals surface area contributed by atoms with Gasteiger partial charge >= 0.3 is 0 Å². The first-order chi connectivity index (χ1) is 6.93. The first-order valence-corrected chi connectivity index (χ1v) is 7.37. The van der Waals surface area contributed by atoms with Crippen LogP contribution in [-0.2, 0) is 10.0 Å². The van der Waals surface area contributed by atoms with Crippen molar-refractivity contribution in [3.63, 3.8) is 0 Å². The highest BCUT2D eigenvalue weighted by molar-refractivity contribution is 7.90. The van der Waals surface area contributed by atoms with E-state index in [0.29, 0.717) is 24.4 Å². The minimum absolute atomic E-state index is 0.294. The molecule has 0 bridgehead atoms. The molecule has 1 saturated heterocycles. The van der Waals surface area contributed by atoms with Crippen molar-refractivity contribution in [2.45, 2.75) is 52.7 Å². The van der Waals surface area contributed by atoms with Crippen molar-refractivity contribution in [3.05, 3.63) is 0 Å². The summed E-state index contributed by atoms with van der Waals surface area (Å²) in [7, 11) is -3.09. The van der Waals surface area contributed by atoms with Gasteiger partial charge in [0, 0.05) is 13.1 Å². The first kappa shape index (κ1) is 14.0. The molecular weight excluding hydrogens is 222 g/mol. The van der Waals surface area contributed by atoms with Crippen LogP contribution in [0.2, 0.25) is 0 Å². The number of nitrogens with zero attached hydrogens (tertiary/aromatic N) is 1. The molecule has 0 N–H and O–H groups in total. The Labute approximate surface area is 100 Å². The van der Waals surface area contributed by atoms with Gasteiger partial charge in [-0.1, -0.05) is 20.8 Å². The highest BCUT2D eigenvalue weighted by Crippen LogP contribution is 2.34. The molecular formula is C12H25NO2S. The molecule has 1 fully saturated rings. The molecule has 1 heterocycles. The lowest BCUT2D eigenvalue weighted by atomic mass is 9.82. The Hall–Kier alpha value is -0.0900. The third-order valence-electron chi connectivity index (χ3n) is 2.94. The summed E-state index contributed by atoms with van der Waals surface area (Å²) in [5, 5.41) is 0. The molecule has 0 aromatic carbocycles. The highest BCUT2D eigenvalue weighted by atomic mass is 32.2. The molecule has 1 aliphatic heterocycles. The van der Waals surface area contributed by atoms with Crippen LogP contribution in [0.15, 0.2) is 0 Å². The Bertz CT molecular complexity index is 340. The Morgan fingerprint density at radius 3 is 1.81 bits per heavy atom. The topological polar surface area (TPSA) is 37.4 Å². The van der Waals surface area contributed by atoms with Crippen molar-refractivity contribution in [2.24, 2.45) is 11.3 Å². The first-order valence-electron chi connectivity index (χ1n) is 5.93. The zero-order valence-corrected chi connectivity index (χ0v) is 12.2. The molecule has 0 unspecified atom stereocenters. The fourth-order valence-electron chi connectivity index (χ4n) is 2.10. The Morgan fingerprint density at radius 2 is 1.50 bits per heavy atom. The van der Waals surface area contributed by atoms with Gasteiger partial charge in [0.05, 0.1) is 4.75 Å².